The van der Waals surface area contributed by atoms with Crippen molar-refractivity contribution in [3.8, 4) is 0 Å². The van der Waals surface area contributed by atoms with Gasteiger partial charge in [-0.05, 0) is 69.2 Å². The summed E-state index contributed by atoms with van der Waals surface area (Å²) >= 11 is 0. The monoisotopic (exact) mass is 858 g/mol. The fraction of sp³-hybridized carbons (Fsp3) is 0.766. The van der Waals surface area contributed by atoms with Gasteiger partial charge in [-0.2, -0.15) is 0 Å². The van der Waals surface area contributed by atoms with Gasteiger partial charge in [0.05, 0.1) is 49.3 Å². The molecule has 2 bridgehead atoms. The van der Waals surface area contributed by atoms with Crippen LogP contribution in [-0.2, 0) is 52.2 Å². The molecule has 19 atom stereocenters. The molecule has 14 nitrogen and oxygen atoms in total. The summed E-state index contributed by atoms with van der Waals surface area (Å²) < 4.78 is 63.3. The molecule has 7 aliphatic rings. The highest BCUT2D eigenvalue weighted by Gasteiger charge is 2.60. The fourth-order valence-corrected chi connectivity index (χ4v) is 10.2. The molecule has 0 aromatic carbocycles. The van der Waals surface area contributed by atoms with E-state index in [1.54, 1.807) is 40.2 Å². The number of ether oxygens (including phenoxy) is 10. The van der Waals surface area contributed by atoms with Crippen molar-refractivity contribution in [1.82, 2.24) is 0 Å². The van der Waals surface area contributed by atoms with E-state index in [-0.39, 0.29) is 36.8 Å². The smallest absolute Gasteiger partial charge is 0.316 e. The maximum Gasteiger partial charge on any atom is 0.316 e. The molecule has 6 aliphatic heterocycles. The number of esters is 1. The van der Waals surface area contributed by atoms with E-state index in [9.17, 15) is 20.1 Å². The Labute approximate surface area is 361 Å². The third-order valence-corrected chi connectivity index (χ3v) is 14.2. The van der Waals surface area contributed by atoms with Crippen molar-refractivity contribution in [2.24, 2.45) is 17.8 Å². The lowest BCUT2D eigenvalue weighted by molar-refractivity contribution is -0.317. The highest BCUT2D eigenvalue weighted by molar-refractivity contribution is 5.78. The number of aliphatic hydroxyl groups is 3. The van der Waals surface area contributed by atoms with Crippen LogP contribution in [0.15, 0.2) is 59.3 Å². The Balaban J connectivity index is 1.16. The van der Waals surface area contributed by atoms with Crippen LogP contribution in [0, 0.1) is 17.8 Å². The Hall–Kier alpha value is -2.31. The first-order valence-corrected chi connectivity index (χ1v) is 22.4. The predicted octanol–water partition coefficient (Wildman–Crippen LogP) is 5.13. The summed E-state index contributed by atoms with van der Waals surface area (Å²) in [5.74, 6) is -2.35. The van der Waals surface area contributed by atoms with Crippen molar-refractivity contribution >= 4 is 5.97 Å². The van der Waals surface area contributed by atoms with Crippen LogP contribution >= 0.6 is 0 Å². The minimum atomic E-state index is -1.82. The Bertz CT molecular complexity index is 1690. The molecule has 6 heterocycles. The van der Waals surface area contributed by atoms with Crippen molar-refractivity contribution in [2.45, 2.75) is 191 Å². The Morgan fingerprint density at radius 3 is 2.38 bits per heavy atom. The summed E-state index contributed by atoms with van der Waals surface area (Å²) in [5.41, 5.74) is 0.151. The maximum atomic E-state index is 14.3. The summed E-state index contributed by atoms with van der Waals surface area (Å²) in [6, 6.07) is 0. The molecule has 7 rings (SSSR count). The summed E-state index contributed by atoms with van der Waals surface area (Å²) in [6.45, 7) is 14.0. The lowest BCUT2D eigenvalue weighted by Crippen LogP contribution is -2.58. The van der Waals surface area contributed by atoms with Crippen LogP contribution in [0.3, 0.4) is 0 Å². The van der Waals surface area contributed by atoms with Gasteiger partial charge in [-0.3, -0.25) is 4.79 Å². The molecule has 14 heteroatoms. The number of hydrogen-bond donors (Lipinski definition) is 3. The Kier molecular flexibility index (Phi) is 14.9. The van der Waals surface area contributed by atoms with Gasteiger partial charge >= 0.3 is 5.97 Å². The van der Waals surface area contributed by atoms with Gasteiger partial charge < -0.3 is 62.7 Å². The van der Waals surface area contributed by atoms with E-state index >= 15 is 0 Å². The van der Waals surface area contributed by atoms with Crippen LogP contribution in [0.25, 0.3) is 0 Å². The first kappa shape index (κ1) is 46.7. The van der Waals surface area contributed by atoms with E-state index in [0.717, 1.165) is 12.0 Å². The second-order valence-electron chi connectivity index (χ2n) is 18.4. The van der Waals surface area contributed by atoms with E-state index in [2.05, 4.69) is 32.9 Å². The molecule has 342 valence electrons. The third-order valence-electron chi connectivity index (χ3n) is 14.2. The molecule has 1 spiro atoms. The third kappa shape index (κ3) is 9.72. The SMILES string of the molecule is CC[C@H](C)[C@H]1O[C@]2(C=C[C@@H]1C)C[C@@H]1C[C@@H](C/C=C(\C)C(OC3C[C@H](OC)[C@@H](OC4C[C@H](OC)[C@@H](O)[C@H](C)O4)[C@H](C)O3)C/C=C/C=C3\CO[C@@H]4[C@H](O)C(C)=CC(C(=O)O1)[C@]34O)O2. The highest BCUT2D eigenvalue weighted by Crippen LogP contribution is 2.47. The topological polar surface area (TPSA) is 170 Å². The number of rotatable bonds is 8. The lowest BCUT2D eigenvalue weighted by Gasteiger charge is -2.48. The number of hydrogen-bond acceptors (Lipinski definition) is 14. The molecule has 4 saturated heterocycles. The van der Waals surface area contributed by atoms with E-state index < -0.39 is 90.8 Å². The molecule has 0 aromatic heterocycles. The predicted molar refractivity (Wildman–Crippen MR) is 223 cm³/mol. The molecule has 4 unspecified atom stereocenters. The quantitative estimate of drug-likeness (QED) is 0.217. The van der Waals surface area contributed by atoms with Gasteiger partial charge in [-0.15, -0.1) is 0 Å². The van der Waals surface area contributed by atoms with Gasteiger partial charge in [0.25, 0.3) is 0 Å². The average molecular weight is 859 g/mol. The number of methoxy groups -OCH3 is 2. The van der Waals surface area contributed by atoms with Crippen LogP contribution in [0.5, 0.6) is 0 Å². The molecule has 1 aliphatic carbocycles. The Morgan fingerprint density at radius 2 is 1.64 bits per heavy atom. The van der Waals surface area contributed by atoms with Crippen molar-refractivity contribution in [2.75, 3.05) is 20.8 Å². The standard InChI is InChI=1S/C47H70O14/c1-10-25(2)42-27(4)17-18-46(61-42)23-33-20-32(60-46)16-15-26(3)35(14-12-11-13-31-24-54-44-40(48)28(5)19-34(45(50)57-33)47(31,44)51)58-38-22-37(53-9)43(30(7)56-38)59-39-21-36(52-8)41(49)29(6)55-39/h11-13,15,17-19,25,27,29-30,32-44,48-49,51H,10,14,16,20-24H2,1-9H3/b12-11+,26-15+,31-13+/t25-,27-,29-,30-,32+,33-,34?,35?,36-,37-,38?,39?,40+,41-,42+,43-,44+,46+,47+/m0/s1. The Morgan fingerprint density at radius 1 is 0.918 bits per heavy atom. The molecule has 61 heavy (non-hydrogen) atoms. The molecule has 0 amide bonds. The zero-order chi connectivity index (χ0) is 43.8. The van der Waals surface area contributed by atoms with Crippen LogP contribution in [0.1, 0.15) is 93.4 Å². The van der Waals surface area contributed by atoms with E-state index in [4.69, 9.17) is 47.4 Å². The number of allylic oxidation sites excluding steroid dienone is 2. The highest BCUT2D eigenvalue weighted by atomic mass is 16.7. The summed E-state index contributed by atoms with van der Waals surface area (Å²) in [7, 11) is 3.22. The van der Waals surface area contributed by atoms with E-state index in [1.165, 1.54) is 0 Å². The molecule has 0 radical (unpaired) electrons. The van der Waals surface area contributed by atoms with Crippen molar-refractivity contribution in [3.63, 3.8) is 0 Å². The van der Waals surface area contributed by atoms with E-state index in [1.807, 2.05) is 32.1 Å². The van der Waals surface area contributed by atoms with Gasteiger partial charge in [0, 0.05) is 45.8 Å². The molecular weight excluding hydrogens is 789 g/mol. The molecular formula is C47H70O14. The zero-order valence-corrected chi connectivity index (χ0v) is 37.3. The van der Waals surface area contributed by atoms with Crippen molar-refractivity contribution in [3.05, 3.63) is 59.3 Å². The van der Waals surface area contributed by atoms with Gasteiger partial charge in [0.15, 0.2) is 18.4 Å². The summed E-state index contributed by atoms with van der Waals surface area (Å²) in [6.07, 6.45) is 9.06. The van der Waals surface area contributed by atoms with Crippen LogP contribution in [-0.4, -0.2) is 139 Å². The number of fused-ring (bicyclic) bond motifs is 2. The minimum absolute atomic E-state index is 0.0373. The van der Waals surface area contributed by atoms with Crippen LogP contribution in [0.4, 0.5) is 0 Å². The molecule has 0 saturated carbocycles. The second-order valence-corrected chi connectivity index (χ2v) is 18.4. The first-order chi connectivity index (χ1) is 29.1. The van der Waals surface area contributed by atoms with Crippen LogP contribution < -0.4 is 0 Å². The van der Waals surface area contributed by atoms with Gasteiger partial charge in [-0.25, -0.2) is 0 Å². The van der Waals surface area contributed by atoms with Gasteiger partial charge in [0.2, 0.25) is 0 Å². The summed E-state index contributed by atoms with van der Waals surface area (Å²) in [4.78, 5) is 14.3. The fourth-order valence-electron chi connectivity index (χ4n) is 10.2. The first-order valence-electron chi connectivity index (χ1n) is 22.4. The normalized spacial score (nSPS) is 48.5. The lowest BCUT2D eigenvalue weighted by atomic mass is 9.71. The van der Waals surface area contributed by atoms with Crippen molar-refractivity contribution in [1.29, 1.82) is 0 Å². The van der Waals surface area contributed by atoms with E-state index in [0.29, 0.717) is 49.7 Å². The molecule has 3 N–H and O–H groups in total. The van der Waals surface area contributed by atoms with Crippen molar-refractivity contribution < 1.29 is 67.5 Å². The largest absolute Gasteiger partial charge is 0.462 e. The molecule has 0 aromatic rings. The van der Waals surface area contributed by atoms with Gasteiger partial charge in [0.1, 0.15) is 42.0 Å². The number of carbonyl (C=O) groups is 1. The van der Waals surface area contributed by atoms with Crippen LogP contribution in [0.2, 0.25) is 0 Å². The molecule has 4 fully saturated rings. The maximum absolute atomic E-state index is 14.3. The average Bonchev–Trinajstić information content (AvgIpc) is 3.58. The number of carbonyl (C=O) groups excluding carboxylic acids is 1. The second kappa shape index (κ2) is 19.4. The minimum Gasteiger partial charge on any atom is -0.462 e. The van der Waals surface area contributed by atoms with Gasteiger partial charge in [-0.1, -0.05) is 63.6 Å². The zero-order valence-electron chi connectivity index (χ0n) is 37.3. The summed E-state index contributed by atoms with van der Waals surface area (Å²) in [5, 5.41) is 34.1. The number of aliphatic hydroxyl groups excluding tert-OH is 2.